The highest BCUT2D eigenvalue weighted by Gasteiger charge is 2.17. The Kier molecular flexibility index (Phi) is 6.58. The van der Waals surface area contributed by atoms with Gasteiger partial charge in [-0.15, -0.1) is 0 Å². The molecule has 0 fully saturated rings. The second-order valence-corrected chi connectivity index (χ2v) is 6.30. The maximum atomic E-state index is 9.43. The Bertz CT molecular complexity index is 611. The highest BCUT2D eigenvalue weighted by molar-refractivity contribution is 6.39. The first-order valence-corrected chi connectivity index (χ1v) is 8.40. The minimum Gasteiger partial charge on any atom is -0.395 e. The van der Waals surface area contributed by atoms with Crippen molar-refractivity contribution in [3.8, 4) is 0 Å². The Balaban J connectivity index is 2.27. The molecular formula is C18H22Cl2N2O. The second-order valence-electron chi connectivity index (χ2n) is 5.49. The van der Waals surface area contributed by atoms with Crippen LogP contribution < -0.4 is 10.2 Å². The maximum Gasteiger partial charge on any atom is 0.0717 e. The van der Waals surface area contributed by atoms with Crippen molar-refractivity contribution in [3.05, 3.63) is 58.1 Å². The van der Waals surface area contributed by atoms with E-state index in [1.165, 1.54) is 5.56 Å². The SMILES string of the molecule is CNc1c(Cl)cc(N(CCO)C(C)Cc2ccccc2)cc1Cl. The van der Waals surface area contributed by atoms with Crippen LogP contribution in [-0.2, 0) is 6.42 Å². The van der Waals surface area contributed by atoms with Crippen LogP contribution in [0.1, 0.15) is 12.5 Å². The molecule has 5 heteroatoms. The van der Waals surface area contributed by atoms with Gasteiger partial charge in [-0.3, -0.25) is 0 Å². The van der Waals surface area contributed by atoms with Gasteiger partial charge in [-0.2, -0.15) is 0 Å². The lowest BCUT2D eigenvalue weighted by Gasteiger charge is -2.31. The average Bonchev–Trinajstić information content (AvgIpc) is 2.53. The van der Waals surface area contributed by atoms with Gasteiger partial charge in [-0.25, -0.2) is 0 Å². The van der Waals surface area contributed by atoms with Crippen LogP contribution in [0.3, 0.4) is 0 Å². The molecular weight excluding hydrogens is 331 g/mol. The van der Waals surface area contributed by atoms with Gasteiger partial charge in [0.2, 0.25) is 0 Å². The zero-order valence-corrected chi connectivity index (χ0v) is 14.9. The molecule has 23 heavy (non-hydrogen) atoms. The number of aliphatic hydroxyl groups is 1. The number of nitrogens with zero attached hydrogens (tertiary/aromatic N) is 1. The van der Waals surface area contributed by atoms with Crippen LogP contribution in [0.2, 0.25) is 10.0 Å². The van der Waals surface area contributed by atoms with E-state index in [0.29, 0.717) is 16.6 Å². The van der Waals surface area contributed by atoms with Crippen molar-refractivity contribution in [1.29, 1.82) is 0 Å². The van der Waals surface area contributed by atoms with Crippen LogP contribution in [-0.4, -0.2) is 31.3 Å². The first-order valence-electron chi connectivity index (χ1n) is 7.65. The molecule has 2 aromatic rings. The molecule has 1 atom stereocenters. The third kappa shape index (κ3) is 4.54. The number of aliphatic hydroxyl groups excluding tert-OH is 1. The van der Waals surface area contributed by atoms with Crippen molar-refractivity contribution >= 4 is 34.6 Å². The first-order chi connectivity index (χ1) is 11.1. The Labute approximate surface area is 147 Å². The van der Waals surface area contributed by atoms with Gasteiger partial charge in [0.15, 0.2) is 0 Å². The number of halogens is 2. The number of benzene rings is 2. The minimum atomic E-state index is 0.0716. The van der Waals surface area contributed by atoms with Crippen molar-refractivity contribution in [2.24, 2.45) is 0 Å². The summed E-state index contributed by atoms with van der Waals surface area (Å²) >= 11 is 12.6. The molecule has 124 valence electrons. The smallest absolute Gasteiger partial charge is 0.0717 e. The lowest BCUT2D eigenvalue weighted by Crippen LogP contribution is -2.37. The van der Waals surface area contributed by atoms with Crippen molar-refractivity contribution < 1.29 is 5.11 Å². The number of rotatable bonds is 7. The molecule has 1 unspecified atom stereocenters. The predicted molar refractivity (Wildman–Crippen MR) is 100 cm³/mol. The standard InChI is InChI=1S/C18H22Cl2N2O/c1-13(10-14-6-4-3-5-7-14)22(8-9-23)15-11-16(19)18(21-2)17(20)12-15/h3-7,11-13,21,23H,8-10H2,1-2H3. The van der Waals surface area contributed by atoms with E-state index in [0.717, 1.165) is 17.8 Å². The molecule has 0 aromatic heterocycles. The Morgan fingerprint density at radius 2 is 1.74 bits per heavy atom. The molecule has 0 radical (unpaired) electrons. The fourth-order valence-electron chi connectivity index (χ4n) is 2.74. The number of anilines is 2. The summed E-state index contributed by atoms with van der Waals surface area (Å²) in [5, 5.41) is 13.6. The van der Waals surface area contributed by atoms with E-state index in [1.807, 2.05) is 30.3 Å². The van der Waals surface area contributed by atoms with Crippen LogP contribution in [0.15, 0.2) is 42.5 Å². The molecule has 0 aliphatic carbocycles. The molecule has 0 amide bonds. The topological polar surface area (TPSA) is 35.5 Å². The normalized spacial score (nSPS) is 12.0. The van der Waals surface area contributed by atoms with Crippen molar-refractivity contribution in [2.45, 2.75) is 19.4 Å². The highest BCUT2D eigenvalue weighted by atomic mass is 35.5. The van der Waals surface area contributed by atoms with Gasteiger partial charge in [-0.1, -0.05) is 53.5 Å². The van der Waals surface area contributed by atoms with Crippen molar-refractivity contribution in [2.75, 3.05) is 30.4 Å². The summed E-state index contributed by atoms with van der Waals surface area (Å²) in [5.41, 5.74) is 2.89. The Hall–Kier alpha value is -1.42. The van der Waals surface area contributed by atoms with Gasteiger partial charge in [0.1, 0.15) is 0 Å². The van der Waals surface area contributed by atoms with Gasteiger partial charge in [0.25, 0.3) is 0 Å². The summed E-state index contributed by atoms with van der Waals surface area (Å²) in [6.07, 6.45) is 0.879. The van der Waals surface area contributed by atoms with Crippen LogP contribution in [0.25, 0.3) is 0 Å². The summed E-state index contributed by atoms with van der Waals surface area (Å²) in [6.45, 7) is 2.73. The first kappa shape index (κ1) is 17.9. The van der Waals surface area contributed by atoms with Gasteiger partial charge >= 0.3 is 0 Å². The predicted octanol–water partition coefficient (Wildman–Crippen LogP) is 4.47. The maximum absolute atomic E-state index is 9.43. The van der Waals surface area contributed by atoms with E-state index in [1.54, 1.807) is 7.05 Å². The lowest BCUT2D eigenvalue weighted by molar-refractivity contribution is 0.298. The fourth-order valence-corrected chi connectivity index (χ4v) is 3.41. The molecule has 2 N–H and O–H groups in total. The minimum absolute atomic E-state index is 0.0716. The lowest BCUT2D eigenvalue weighted by atomic mass is 10.1. The van der Waals surface area contributed by atoms with Crippen LogP contribution in [0.4, 0.5) is 11.4 Å². The van der Waals surface area contributed by atoms with Gasteiger partial charge in [0, 0.05) is 25.3 Å². The molecule has 0 saturated heterocycles. The molecule has 0 aliphatic heterocycles. The summed E-state index contributed by atoms with van der Waals surface area (Å²) in [6, 6.07) is 14.3. The van der Waals surface area contributed by atoms with E-state index >= 15 is 0 Å². The van der Waals surface area contributed by atoms with Crippen molar-refractivity contribution in [1.82, 2.24) is 0 Å². The van der Waals surface area contributed by atoms with Crippen LogP contribution >= 0.6 is 23.2 Å². The van der Waals surface area contributed by atoms with Crippen LogP contribution in [0.5, 0.6) is 0 Å². The summed E-state index contributed by atoms with van der Waals surface area (Å²) < 4.78 is 0. The molecule has 2 rings (SSSR count). The Morgan fingerprint density at radius 1 is 1.13 bits per heavy atom. The second kappa shape index (κ2) is 8.44. The van der Waals surface area contributed by atoms with Crippen molar-refractivity contribution in [3.63, 3.8) is 0 Å². The third-order valence-electron chi connectivity index (χ3n) is 3.86. The highest BCUT2D eigenvalue weighted by Crippen LogP contribution is 2.35. The molecule has 0 spiro atoms. The monoisotopic (exact) mass is 352 g/mol. The number of hydrogen-bond donors (Lipinski definition) is 2. The molecule has 3 nitrogen and oxygen atoms in total. The number of nitrogens with one attached hydrogen (secondary N) is 1. The van der Waals surface area contributed by atoms with Gasteiger partial charge in [0.05, 0.1) is 22.3 Å². The van der Waals surface area contributed by atoms with Crippen LogP contribution in [0, 0.1) is 0 Å². The molecule has 0 saturated carbocycles. The summed E-state index contributed by atoms with van der Waals surface area (Å²) in [7, 11) is 1.79. The largest absolute Gasteiger partial charge is 0.395 e. The van der Waals surface area contributed by atoms with E-state index in [4.69, 9.17) is 23.2 Å². The zero-order chi connectivity index (χ0) is 16.8. The molecule has 0 bridgehead atoms. The Morgan fingerprint density at radius 3 is 2.26 bits per heavy atom. The summed E-state index contributed by atoms with van der Waals surface area (Å²) in [4.78, 5) is 2.13. The molecule has 2 aromatic carbocycles. The van der Waals surface area contributed by atoms with E-state index < -0.39 is 0 Å². The number of hydrogen-bond acceptors (Lipinski definition) is 3. The summed E-state index contributed by atoms with van der Waals surface area (Å²) in [5.74, 6) is 0. The van der Waals surface area contributed by atoms with Gasteiger partial charge < -0.3 is 15.3 Å². The van der Waals surface area contributed by atoms with Gasteiger partial charge in [-0.05, 0) is 31.0 Å². The third-order valence-corrected chi connectivity index (χ3v) is 4.45. The quantitative estimate of drug-likeness (QED) is 0.771. The zero-order valence-electron chi connectivity index (χ0n) is 13.4. The fraction of sp³-hybridized carbons (Fsp3) is 0.333. The van der Waals surface area contributed by atoms with E-state index in [9.17, 15) is 5.11 Å². The molecule has 0 aliphatic rings. The molecule has 0 heterocycles. The average molecular weight is 353 g/mol. The van der Waals surface area contributed by atoms with E-state index in [-0.39, 0.29) is 12.6 Å². The van der Waals surface area contributed by atoms with E-state index in [2.05, 4.69) is 29.3 Å².